The minimum absolute atomic E-state index is 0. The molecule has 0 aromatic heterocycles. The lowest BCUT2D eigenvalue weighted by molar-refractivity contribution is 0.0213. The Morgan fingerprint density at radius 1 is 1.00 bits per heavy atom. The molecular weight excluding hydrogens is 383 g/mol. The molecule has 2 fully saturated rings. The van der Waals surface area contributed by atoms with Crippen molar-refractivity contribution in [2.75, 3.05) is 46.5 Å². The summed E-state index contributed by atoms with van der Waals surface area (Å²) in [7, 11) is 1.72. The average Bonchev–Trinajstić information content (AvgIpc) is 2.69. The quantitative estimate of drug-likeness (QED) is 0.820. The van der Waals surface area contributed by atoms with E-state index in [1.165, 1.54) is 16.3 Å². The summed E-state index contributed by atoms with van der Waals surface area (Å²) in [6.45, 7) is 6.23. The maximum atomic E-state index is 5.62. The number of nitrogens with one attached hydrogen (secondary N) is 1. The number of rotatable bonds is 4. The average molecular weight is 413 g/mol. The van der Waals surface area contributed by atoms with E-state index in [1.807, 2.05) is 0 Å². The lowest BCUT2D eigenvalue weighted by atomic mass is 9.85. The van der Waals surface area contributed by atoms with Gasteiger partial charge in [-0.25, -0.2) is 0 Å². The Kier molecular flexibility index (Phi) is 8.64. The van der Waals surface area contributed by atoms with E-state index in [2.05, 4.69) is 46.6 Å². The van der Waals surface area contributed by atoms with E-state index in [1.54, 1.807) is 7.11 Å². The zero-order valence-corrected chi connectivity index (χ0v) is 17.5. The van der Waals surface area contributed by atoms with Gasteiger partial charge < -0.3 is 14.8 Å². The maximum absolute atomic E-state index is 5.62. The number of piperazine rings is 1. The van der Waals surface area contributed by atoms with Gasteiger partial charge in [0.25, 0.3) is 0 Å². The maximum Gasteiger partial charge on any atom is 0.119 e. The van der Waals surface area contributed by atoms with Crippen molar-refractivity contribution in [3.8, 4) is 5.75 Å². The molecule has 0 amide bonds. The molecule has 27 heavy (non-hydrogen) atoms. The zero-order chi connectivity index (χ0) is 17.1. The monoisotopic (exact) mass is 412 g/mol. The van der Waals surface area contributed by atoms with Gasteiger partial charge in [-0.1, -0.05) is 18.2 Å². The molecule has 0 unspecified atom stereocenters. The van der Waals surface area contributed by atoms with Crippen molar-refractivity contribution in [2.45, 2.75) is 18.9 Å². The van der Waals surface area contributed by atoms with Gasteiger partial charge in [0.15, 0.2) is 0 Å². The number of benzene rings is 2. The van der Waals surface area contributed by atoms with Gasteiger partial charge in [-0.2, -0.15) is 0 Å². The van der Waals surface area contributed by atoms with Gasteiger partial charge in [0.05, 0.1) is 7.11 Å². The molecule has 2 aromatic carbocycles. The third-order valence-electron chi connectivity index (χ3n) is 5.67. The smallest absolute Gasteiger partial charge is 0.119 e. The first kappa shape index (κ1) is 22.3. The van der Waals surface area contributed by atoms with Crippen molar-refractivity contribution < 1.29 is 9.47 Å². The van der Waals surface area contributed by atoms with Crippen molar-refractivity contribution in [2.24, 2.45) is 5.92 Å². The molecule has 6 heteroatoms. The van der Waals surface area contributed by atoms with Crippen LogP contribution in [0.3, 0.4) is 0 Å². The van der Waals surface area contributed by atoms with Crippen molar-refractivity contribution in [1.82, 2.24) is 10.2 Å². The topological polar surface area (TPSA) is 33.7 Å². The van der Waals surface area contributed by atoms with Crippen molar-refractivity contribution >= 4 is 35.6 Å². The minimum atomic E-state index is 0. The molecular formula is C21H30Cl2N2O2. The lowest BCUT2D eigenvalue weighted by Gasteiger charge is -2.41. The molecule has 2 aliphatic rings. The second-order valence-corrected chi connectivity index (χ2v) is 7.15. The molecule has 1 N–H and O–H groups in total. The van der Waals surface area contributed by atoms with Crippen LogP contribution in [0, 0.1) is 5.92 Å². The van der Waals surface area contributed by atoms with E-state index in [0.29, 0.717) is 12.0 Å². The fourth-order valence-electron chi connectivity index (χ4n) is 4.33. The predicted octanol–water partition coefficient (Wildman–Crippen LogP) is 4.06. The highest BCUT2D eigenvalue weighted by Gasteiger charge is 2.31. The molecule has 0 aliphatic carbocycles. The SMILES string of the molecule is COc1ccc2cc([C@H](C3CCOCC3)N3CCNCC3)ccc2c1.Cl.Cl. The fraction of sp³-hybridized carbons (Fsp3) is 0.524. The number of methoxy groups -OCH3 is 1. The molecule has 4 nitrogen and oxygen atoms in total. The van der Waals surface area contributed by atoms with E-state index >= 15 is 0 Å². The number of hydrogen-bond donors (Lipinski definition) is 1. The standard InChI is InChI=1S/C21H28N2O2.2ClH/c1-24-20-5-4-17-14-19(3-2-18(17)15-20)21(16-6-12-25-13-7-16)23-10-8-22-9-11-23;;/h2-5,14-16,21-22H,6-13H2,1H3;2*1H/t21-;;/m0../s1. The Balaban J connectivity index is 0.00000131. The minimum Gasteiger partial charge on any atom is -0.497 e. The van der Waals surface area contributed by atoms with Crippen molar-refractivity contribution in [3.63, 3.8) is 0 Å². The Labute approximate surface area is 174 Å². The Morgan fingerprint density at radius 3 is 2.37 bits per heavy atom. The van der Waals surface area contributed by atoms with Crippen LogP contribution in [0.5, 0.6) is 5.75 Å². The summed E-state index contributed by atoms with van der Waals surface area (Å²) in [5.41, 5.74) is 1.45. The number of hydrogen-bond acceptors (Lipinski definition) is 4. The molecule has 0 saturated carbocycles. The Morgan fingerprint density at radius 2 is 1.67 bits per heavy atom. The predicted molar refractivity (Wildman–Crippen MR) is 116 cm³/mol. The van der Waals surface area contributed by atoms with Crippen LogP contribution in [0.2, 0.25) is 0 Å². The molecule has 2 heterocycles. The number of fused-ring (bicyclic) bond motifs is 1. The molecule has 2 aliphatic heterocycles. The van der Waals surface area contributed by atoms with E-state index in [9.17, 15) is 0 Å². The largest absolute Gasteiger partial charge is 0.497 e. The van der Waals surface area contributed by atoms with Crippen LogP contribution in [-0.2, 0) is 4.74 Å². The Hall–Kier alpha value is -1.04. The van der Waals surface area contributed by atoms with Crippen LogP contribution in [-0.4, -0.2) is 51.4 Å². The summed E-state index contributed by atoms with van der Waals surface area (Å²) < 4.78 is 11.0. The molecule has 0 spiro atoms. The highest BCUT2D eigenvalue weighted by Crippen LogP contribution is 2.36. The van der Waals surface area contributed by atoms with Gasteiger partial charge in [0.1, 0.15) is 5.75 Å². The first-order valence-electron chi connectivity index (χ1n) is 9.45. The third-order valence-corrected chi connectivity index (χ3v) is 5.67. The summed E-state index contributed by atoms with van der Waals surface area (Å²) in [5, 5.41) is 6.03. The van der Waals surface area contributed by atoms with Crippen LogP contribution in [0.25, 0.3) is 10.8 Å². The molecule has 1 atom stereocenters. The lowest BCUT2D eigenvalue weighted by Crippen LogP contribution is -2.47. The normalized spacial score (nSPS) is 19.7. The van der Waals surface area contributed by atoms with E-state index < -0.39 is 0 Å². The van der Waals surface area contributed by atoms with Crippen molar-refractivity contribution in [3.05, 3.63) is 42.0 Å². The van der Waals surface area contributed by atoms with Gasteiger partial charge >= 0.3 is 0 Å². The highest BCUT2D eigenvalue weighted by atomic mass is 35.5. The number of ether oxygens (including phenoxy) is 2. The Bertz CT molecular complexity index is 698. The van der Waals surface area contributed by atoms with Crippen LogP contribution in [0.15, 0.2) is 36.4 Å². The van der Waals surface area contributed by atoms with E-state index in [4.69, 9.17) is 9.47 Å². The molecule has 2 aromatic rings. The molecule has 4 rings (SSSR count). The second kappa shape index (κ2) is 10.5. The van der Waals surface area contributed by atoms with E-state index in [0.717, 1.165) is 58.0 Å². The summed E-state index contributed by atoms with van der Waals surface area (Å²) in [4.78, 5) is 2.68. The second-order valence-electron chi connectivity index (χ2n) is 7.15. The van der Waals surface area contributed by atoms with Gasteiger partial charge in [0, 0.05) is 45.4 Å². The van der Waals surface area contributed by atoms with Gasteiger partial charge in [-0.15, -0.1) is 24.8 Å². The third kappa shape index (κ3) is 5.07. The first-order chi connectivity index (χ1) is 12.3. The number of halogens is 2. The highest BCUT2D eigenvalue weighted by molar-refractivity contribution is 5.86. The van der Waals surface area contributed by atoms with Gasteiger partial charge in [-0.05, 0) is 53.3 Å². The summed E-state index contributed by atoms with van der Waals surface area (Å²) in [5.74, 6) is 1.60. The fourth-order valence-corrected chi connectivity index (χ4v) is 4.33. The molecule has 0 radical (unpaired) electrons. The molecule has 2 saturated heterocycles. The van der Waals surface area contributed by atoms with Crippen molar-refractivity contribution in [1.29, 1.82) is 0 Å². The van der Waals surface area contributed by atoms with E-state index in [-0.39, 0.29) is 24.8 Å². The summed E-state index contributed by atoms with van der Waals surface area (Å²) >= 11 is 0. The van der Waals surface area contributed by atoms with Crippen LogP contribution >= 0.6 is 24.8 Å². The molecule has 0 bridgehead atoms. The van der Waals surface area contributed by atoms with Crippen LogP contribution in [0.1, 0.15) is 24.4 Å². The van der Waals surface area contributed by atoms with Gasteiger partial charge in [0.2, 0.25) is 0 Å². The summed E-state index contributed by atoms with van der Waals surface area (Å²) in [6.07, 6.45) is 2.32. The number of nitrogens with zero attached hydrogens (tertiary/aromatic N) is 1. The van der Waals surface area contributed by atoms with Crippen LogP contribution in [0.4, 0.5) is 0 Å². The first-order valence-corrected chi connectivity index (χ1v) is 9.45. The molecule has 150 valence electrons. The van der Waals surface area contributed by atoms with Gasteiger partial charge in [-0.3, -0.25) is 4.90 Å². The zero-order valence-electron chi connectivity index (χ0n) is 15.9. The summed E-state index contributed by atoms with van der Waals surface area (Å²) in [6, 6.07) is 13.8. The van der Waals surface area contributed by atoms with Crippen LogP contribution < -0.4 is 10.1 Å².